The van der Waals surface area contributed by atoms with Crippen LogP contribution in [0, 0.1) is 5.92 Å². The Morgan fingerprint density at radius 3 is 2.45 bits per heavy atom. The SMILES string of the molecule is COc1cccc(CN(C(=O)CSc2ccccc2)[C@@H](C)C(=O)NCC(C)C)c1. The Kier molecular flexibility index (Phi) is 9.06. The normalized spacial score (nSPS) is 11.8. The Hall–Kier alpha value is -2.47. The van der Waals surface area contributed by atoms with E-state index in [1.54, 1.807) is 18.9 Å². The van der Waals surface area contributed by atoms with E-state index in [0.717, 1.165) is 16.2 Å². The summed E-state index contributed by atoms with van der Waals surface area (Å²) < 4.78 is 5.29. The van der Waals surface area contributed by atoms with Gasteiger partial charge >= 0.3 is 0 Å². The molecule has 0 saturated heterocycles. The molecule has 2 aromatic carbocycles. The van der Waals surface area contributed by atoms with Crippen LogP contribution in [0.4, 0.5) is 0 Å². The Morgan fingerprint density at radius 1 is 1.07 bits per heavy atom. The molecule has 1 atom stereocenters. The minimum absolute atomic E-state index is 0.0751. The van der Waals surface area contributed by atoms with Gasteiger partial charge in [0.25, 0.3) is 0 Å². The third-order valence-corrected chi connectivity index (χ3v) is 5.44. The number of carbonyl (C=O) groups excluding carboxylic acids is 2. The van der Waals surface area contributed by atoms with Crippen LogP contribution < -0.4 is 10.1 Å². The van der Waals surface area contributed by atoms with Gasteiger partial charge in [-0.05, 0) is 42.7 Å². The van der Waals surface area contributed by atoms with Crippen molar-refractivity contribution in [1.29, 1.82) is 0 Å². The van der Waals surface area contributed by atoms with Crippen LogP contribution in [0.5, 0.6) is 5.75 Å². The third-order valence-electron chi connectivity index (χ3n) is 4.44. The van der Waals surface area contributed by atoms with E-state index in [9.17, 15) is 9.59 Å². The van der Waals surface area contributed by atoms with Gasteiger partial charge in [-0.25, -0.2) is 0 Å². The summed E-state index contributed by atoms with van der Waals surface area (Å²) in [6.07, 6.45) is 0. The molecule has 156 valence electrons. The van der Waals surface area contributed by atoms with Gasteiger partial charge in [-0.1, -0.05) is 44.2 Å². The minimum atomic E-state index is -0.566. The number of methoxy groups -OCH3 is 1. The molecule has 5 nitrogen and oxygen atoms in total. The summed E-state index contributed by atoms with van der Waals surface area (Å²) in [5.74, 6) is 1.14. The first-order valence-electron chi connectivity index (χ1n) is 9.78. The Bertz CT molecular complexity index is 796. The molecule has 0 aliphatic heterocycles. The number of amides is 2. The number of hydrogen-bond donors (Lipinski definition) is 1. The van der Waals surface area contributed by atoms with Gasteiger partial charge in [-0.3, -0.25) is 9.59 Å². The summed E-state index contributed by atoms with van der Waals surface area (Å²) in [5.41, 5.74) is 0.922. The van der Waals surface area contributed by atoms with E-state index in [4.69, 9.17) is 4.74 Å². The minimum Gasteiger partial charge on any atom is -0.497 e. The predicted molar refractivity (Wildman–Crippen MR) is 118 cm³/mol. The van der Waals surface area contributed by atoms with Gasteiger partial charge in [-0.15, -0.1) is 11.8 Å². The van der Waals surface area contributed by atoms with Gasteiger partial charge in [-0.2, -0.15) is 0 Å². The highest BCUT2D eigenvalue weighted by molar-refractivity contribution is 8.00. The Labute approximate surface area is 177 Å². The quantitative estimate of drug-likeness (QED) is 0.598. The van der Waals surface area contributed by atoms with E-state index in [1.807, 2.05) is 68.4 Å². The van der Waals surface area contributed by atoms with Crippen molar-refractivity contribution >= 4 is 23.6 Å². The number of thioether (sulfide) groups is 1. The van der Waals surface area contributed by atoms with Gasteiger partial charge in [0.1, 0.15) is 11.8 Å². The van der Waals surface area contributed by atoms with Crippen LogP contribution in [0.3, 0.4) is 0 Å². The topological polar surface area (TPSA) is 58.6 Å². The first-order chi connectivity index (χ1) is 13.9. The fraction of sp³-hybridized carbons (Fsp3) is 0.391. The number of nitrogens with zero attached hydrogens (tertiary/aromatic N) is 1. The number of hydrogen-bond acceptors (Lipinski definition) is 4. The average Bonchev–Trinajstić information content (AvgIpc) is 2.74. The van der Waals surface area contributed by atoms with E-state index in [-0.39, 0.29) is 17.6 Å². The number of rotatable bonds is 10. The Morgan fingerprint density at radius 2 is 1.79 bits per heavy atom. The fourth-order valence-electron chi connectivity index (χ4n) is 2.75. The second-order valence-corrected chi connectivity index (χ2v) is 8.34. The maximum absolute atomic E-state index is 13.1. The molecule has 2 aromatic rings. The molecule has 6 heteroatoms. The first-order valence-corrected chi connectivity index (χ1v) is 10.8. The second kappa shape index (κ2) is 11.5. The van der Waals surface area contributed by atoms with Gasteiger partial charge in [0, 0.05) is 18.0 Å². The fourth-order valence-corrected chi connectivity index (χ4v) is 3.55. The maximum Gasteiger partial charge on any atom is 0.242 e. The van der Waals surface area contributed by atoms with E-state index in [2.05, 4.69) is 5.32 Å². The molecular weight excluding hydrogens is 384 g/mol. The van der Waals surface area contributed by atoms with Crippen molar-refractivity contribution in [3.8, 4) is 5.75 Å². The van der Waals surface area contributed by atoms with Crippen LogP contribution in [-0.4, -0.2) is 42.2 Å². The zero-order valence-corrected chi connectivity index (χ0v) is 18.4. The zero-order chi connectivity index (χ0) is 21.2. The standard InChI is InChI=1S/C23H30N2O3S/c1-17(2)14-24-23(27)18(3)25(15-19-9-8-10-20(13-19)28-4)22(26)16-29-21-11-6-5-7-12-21/h5-13,17-18H,14-16H2,1-4H3,(H,24,27)/t18-/m0/s1. The van der Waals surface area contributed by atoms with E-state index < -0.39 is 6.04 Å². The van der Waals surface area contributed by atoms with Crippen LogP contribution in [0.15, 0.2) is 59.5 Å². The van der Waals surface area contributed by atoms with Crippen molar-refractivity contribution in [2.45, 2.75) is 38.3 Å². The van der Waals surface area contributed by atoms with Gasteiger partial charge in [0.05, 0.1) is 12.9 Å². The van der Waals surface area contributed by atoms with E-state index in [1.165, 1.54) is 11.8 Å². The predicted octanol–water partition coefficient (Wildman–Crippen LogP) is 3.98. The molecule has 0 aliphatic rings. The highest BCUT2D eigenvalue weighted by Crippen LogP contribution is 2.20. The lowest BCUT2D eigenvalue weighted by atomic mass is 10.1. The van der Waals surface area contributed by atoms with E-state index >= 15 is 0 Å². The summed E-state index contributed by atoms with van der Waals surface area (Å²) in [6, 6.07) is 16.8. The van der Waals surface area contributed by atoms with Crippen LogP contribution in [-0.2, 0) is 16.1 Å². The van der Waals surface area contributed by atoms with Gasteiger partial charge in [0.2, 0.25) is 11.8 Å². The highest BCUT2D eigenvalue weighted by Gasteiger charge is 2.26. The van der Waals surface area contributed by atoms with Crippen LogP contribution >= 0.6 is 11.8 Å². The van der Waals surface area contributed by atoms with Gasteiger partial charge < -0.3 is 15.0 Å². The molecule has 1 N–H and O–H groups in total. The number of nitrogens with one attached hydrogen (secondary N) is 1. The summed E-state index contributed by atoms with van der Waals surface area (Å²) in [7, 11) is 1.61. The molecule has 0 aromatic heterocycles. The van der Waals surface area contributed by atoms with Crippen molar-refractivity contribution in [3.63, 3.8) is 0 Å². The molecule has 2 rings (SSSR count). The van der Waals surface area contributed by atoms with Crippen molar-refractivity contribution in [2.75, 3.05) is 19.4 Å². The molecule has 0 bridgehead atoms. The summed E-state index contributed by atoms with van der Waals surface area (Å²) in [5, 5.41) is 2.94. The third kappa shape index (κ3) is 7.46. The first kappa shape index (κ1) is 22.8. The summed E-state index contributed by atoms with van der Waals surface area (Å²) >= 11 is 1.47. The molecule has 0 fully saturated rings. The van der Waals surface area contributed by atoms with Crippen LogP contribution in [0.1, 0.15) is 26.3 Å². The van der Waals surface area contributed by atoms with Crippen molar-refractivity contribution in [1.82, 2.24) is 10.2 Å². The van der Waals surface area contributed by atoms with Crippen molar-refractivity contribution in [3.05, 3.63) is 60.2 Å². The zero-order valence-electron chi connectivity index (χ0n) is 17.6. The van der Waals surface area contributed by atoms with Crippen molar-refractivity contribution < 1.29 is 14.3 Å². The van der Waals surface area contributed by atoms with E-state index in [0.29, 0.717) is 19.0 Å². The summed E-state index contributed by atoms with van der Waals surface area (Å²) in [4.78, 5) is 28.4. The number of benzene rings is 2. The lowest BCUT2D eigenvalue weighted by Crippen LogP contribution is -2.48. The molecule has 0 saturated carbocycles. The smallest absolute Gasteiger partial charge is 0.242 e. The number of ether oxygens (including phenoxy) is 1. The molecule has 0 unspecified atom stereocenters. The Balaban J connectivity index is 2.14. The molecule has 0 spiro atoms. The largest absolute Gasteiger partial charge is 0.497 e. The average molecular weight is 415 g/mol. The van der Waals surface area contributed by atoms with Gasteiger partial charge in [0.15, 0.2) is 0 Å². The van der Waals surface area contributed by atoms with Crippen LogP contribution in [0.25, 0.3) is 0 Å². The molecule has 29 heavy (non-hydrogen) atoms. The molecule has 0 radical (unpaired) electrons. The summed E-state index contributed by atoms with van der Waals surface area (Å²) in [6.45, 7) is 6.80. The lowest BCUT2D eigenvalue weighted by Gasteiger charge is -2.29. The molecule has 2 amide bonds. The second-order valence-electron chi connectivity index (χ2n) is 7.29. The van der Waals surface area contributed by atoms with Crippen molar-refractivity contribution in [2.24, 2.45) is 5.92 Å². The molecule has 0 heterocycles. The highest BCUT2D eigenvalue weighted by atomic mass is 32.2. The lowest BCUT2D eigenvalue weighted by molar-refractivity contribution is -0.138. The maximum atomic E-state index is 13.1. The monoisotopic (exact) mass is 414 g/mol. The molecule has 0 aliphatic carbocycles. The number of carbonyl (C=O) groups is 2. The molecular formula is C23H30N2O3S. The van der Waals surface area contributed by atoms with Crippen LogP contribution in [0.2, 0.25) is 0 Å².